The van der Waals surface area contributed by atoms with Crippen molar-refractivity contribution in [3.05, 3.63) is 45.9 Å². The zero-order chi connectivity index (χ0) is 16.9. The van der Waals surface area contributed by atoms with Crippen LogP contribution >= 0.6 is 11.3 Å². The second-order valence-electron chi connectivity index (χ2n) is 5.86. The summed E-state index contributed by atoms with van der Waals surface area (Å²) in [5.41, 5.74) is 1.13. The molecule has 1 aromatic heterocycles. The molecule has 0 radical (unpaired) electrons. The Morgan fingerprint density at radius 2 is 2.04 bits per heavy atom. The SMILES string of the molecule is CCCCOC(=O)c1ccc(NC(=O)c2cnc(C3CC3)s2)cc1. The Balaban J connectivity index is 1.56. The monoisotopic (exact) mass is 344 g/mol. The van der Waals surface area contributed by atoms with Gasteiger partial charge in [-0.1, -0.05) is 13.3 Å². The highest BCUT2D eigenvalue weighted by Crippen LogP contribution is 2.41. The van der Waals surface area contributed by atoms with Crippen LogP contribution in [0.5, 0.6) is 0 Å². The summed E-state index contributed by atoms with van der Waals surface area (Å²) >= 11 is 1.45. The van der Waals surface area contributed by atoms with Crippen molar-refractivity contribution in [3.63, 3.8) is 0 Å². The van der Waals surface area contributed by atoms with Gasteiger partial charge in [-0.3, -0.25) is 4.79 Å². The van der Waals surface area contributed by atoms with Gasteiger partial charge in [-0.2, -0.15) is 0 Å². The van der Waals surface area contributed by atoms with Crippen LogP contribution in [0.15, 0.2) is 30.5 Å². The molecule has 0 unspecified atom stereocenters. The first-order valence-electron chi connectivity index (χ1n) is 8.21. The third-order valence-corrected chi connectivity index (χ3v) is 4.94. The minimum absolute atomic E-state index is 0.169. The number of nitrogens with zero attached hydrogens (tertiary/aromatic N) is 1. The topological polar surface area (TPSA) is 68.3 Å². The van der Waals surface area contributed by atoms with Gasteiger partial charge in [-0.05, 0) is 43.5 Å². The molecule has 1 fully saturated rings. The lowest BCUT2D eigenvalue weighted by atomic mass is 10.2. The average Bonchev–Trinajstić information content (AvgIpc) is 3.32. The van der Waals surface area contributed by atoms with Gasteiger partial charge < -0.3 is 10.1 Å². The molecule has 2 aromatic rings. The Morgan fingerprint density at radius 3 is 2.71 bits per heavy atom. The van der Waals surface area contributed by atoms with Crippen LogP contribution in [0, 0.1) is 0 Å². The Hall–Kier alpha value is -2.21. The van der Waals surface area contributed by atoms with Gasteiger partial charge in [0.05, 0.1) is 23.4 Å². The van der Waals surface area contributed by atoms with E-state index in [0.29, 0.717) is 28.7 Å². The van der Waals surface area contributed by atoms with E-state index in [0.717, 1.165) is 17.8 Å². The van der Waals surface area contributed by atoms with Gasteiger partial charge in [0.15, 0.2) is 0 Å². The predicted octanol–water partition coefficient (Wildman–Crippen LogP) is 4.23. The van der Waals surface area contributed by atoms with E-state index in [4.69, 9.17) is 4.74 Å². The number of thiazole rings is 1. The van der Waals surface area contributed by atoms with Crippen LogP contribution < -0.4 is 5.32 Å². The van der Waals surface area contributed by atoms with Crippen LogP contribution in [0.4, 0.5) is 5.69 Å². The summed E-state index contributed by atoms with van der Waals surface area (Å²) in [7, 11) is 0. The second kappa shape index (κ2) is 7.57. The molecule has 6 heteroatoms. The first-order valence-corrected chi connectivity index (χ1v) is 9.03. The number of aromatic nitrogens is 1. The Kier molecular flexibility index (Phi) is 5.25. The maximum absolute atomic E-state index is 12.2. The molecule has 0 spiro atoms. The van der Waals surface area contributed by atoms with Crippen molar-refractivity contribution < 1.29 is 14.3 Å². The maximum Gasteiger partial charge on any atom is 0.338 e. The van der Waals surface area contributed by atoms with Gasteiger partial charge >= 0.3 is 5.97 Å². The molecule has 1 amide bonds. The fraction of sp³-hybridized carbons (Fsp3) is 0.389. The Bertz CT molecular complexity index is 720. The number of nitrogens with one attached hydrogen (secondary N) is 1. The molecule has 1 aromatic carbocycles. The number of hydrogen-bond donors (Lipinski definition) is 1. The number of anilines is 1. The number of carbonyl (C=O) groups excluding carboxylic acids is 2. The quantitative estimate of drug-likeness (QED) is 0.603. The molecule has 0 atom stereocenters. The van der Waals surface area contributed by atoms with E-state index >= 15 is 0 Å². The van der Waals surface area contributed by atoms with E-state index in [1.165, 1.54) is 24.2 Å². The van der Waals surface area contributed by atoms with E-state index in [-0.39, 0.29) is 11.9 Å². The fourth-order valence-corrected chi connectivity index (χ4v) is 3.17. The molecule has 1 aliphatic carbocycles. The van der Waals surface area contributed by atoms with Crippen molar-refractivity contribution in [1.29, 1.82) is 0 Å². The summed E-state index contributed by atoms with van der Waals surface area (Å²) in [4.78, 5) is 29.0. The molecule has 126 valence electrons. The lowest BCUT2D eigenvalue weighted by molar-refractivity contribution is 0.0499. The molecule has 1 heterocycles. The third-order valence-electron chi connectivity index (χ3n) is 3.78. The minimum Gasteiger partial charge on any atom is -0.462 e. The van der Waals surface area contributed by atoms with E-state index in [2.05, 4.69) is 10.3 Å². The summed E-state index contributed by atoms with van der Waals surface area (Å²) < 4.78 is 5.16. The van der Waals surface area contributed by atoms with Crippen LogP contribution in [0.25, 0.3) is 0 Å². The smallest absolute Gasteiger partial charge is 0.338 e. The number of ether oxygens (including phenoxy) is 1. The van der Waals surface area contributed by atoms with Gasteiger partial charge in [0, 0.05) is 11.6 Å². The van der Waals surface area contributed by atoms with Gasteiger partial charge in [-0.25, -0.2) is 9.78 Å². The number of hydrogen-bond acceptors (Lipinski definition) is 5. The lowest BCUT2D eigenvalue weighted by Crippen LogP contribution is -2.11. The number of carbonyl (C=O) groups is 2. The predicted molar refractivity (Wildman–Crippen MR) is 93.7 cm³/mol. The van der Waals surface area contributed by atoms with Gasteiger partial charge in [0.2, 0.25) is 0 Å². The summed E-state index contributed by atoms with van der Waals surface area (Å²) in [6.45, 7) is 2.48. The van der Waals surface area contributed by atoms with E-state index in [1.807, 2.05) is 6.92 Å². The highest BCUT2D eigenvalue weighted by Gasteiger charge is 2.27. The van der Waals surface area contributed by atoms with Gasteiger partial charge in [-0.15, -0.1) is 11.3 Å². The van der Waals surface area contributed by atoms with Crippen molar-refractivity contribution in [2.45, 2.75) is 38.5 Å². The number of esters is 1. The van der Waals surface area contributed by atoms with Gasteiger partial charge in [0.1, 0.15) is 4.88 Å². The number of rotatable bonds is 7. The number of benzene rings is 1. The zero-order valence-corrected chi connectivity index (χ0v) is 14.4. The summed E-state index contributed by atoms with van der Waals surface area (Å²) in [5.74, 6) is 0.0464. The van der Waals surface area contributed by atoms with Crippen molar-refractivity contribution >= 4 is 28.9 Å². The molecule has 1 N–H and O–H groups in total. The maximum atomic E-state index is 12.2. The Morgan fingerprint density at radius 1 is 1.29 bits per heavy atom. The highest BCUT2D eigenvalue weighted by atomic mass is 32.1. The highest BCUT2D eigenvalue weighted by molar-refractivity contribution is 7.13. The summed E-state index contributed by atoms with van der Waals surface area (Å²) in [5, 5.41) is 3.88. The molecule has 0 aliphatic heterocycles. The first-order chi connectivity index (χ1) is 11.7. The molecule has 1 aliphatic rings. The molecular formula is C18H20N2O3S. The van der Waals surface area contributed by atoms with Crippen molar-refractivity contribution in [3.8, 4) is 0 Å². The number of unbranched alkanes of at least 4 members (excludes halogenated alkanes) is 1. The molecule has 3 rings (SSSR count). The minimum atomic E-state index is -0.335. The standard InChI is InChI=1S/C18H20N2O3S/c1-2-3-10-23-18(22)13-6-8-14(9-7-13)20-16(21)15-11-19-17(24-15)12-4-5-12/h6-9,11-12H,2-5,10H2,1H3,(H,20,21). The largest absolute Gasteiger partial charge is 0.462 e. The van der Waals surface area contributed by atoms with Crippen LogP contribution in [0.3, 0.4) is 0 Å². The summed E-state index contributed by atoms with van der Waals surface area (Å²) in [6, 6.07) is 6.73. The van der Waals surface area contributed by atoms with Gasteiger partial charge in [0.25, 0.3) is 5.91 Å². The van der Waals surface area contributed by atoms with Crippen molar-refractivity contribution in [2.24, 2.45) is 0 Å². The van der Waals surface area contributed by atoms with E-state index < -0.39 is 0 Å². The van der Waals surface area contributed by atoms with Crippen LogP contribution in [0.1, 0.15) is 63.6 Å². The molecule has 0 saturated heterocycles. The number of amides is 1. The van der Waals surface area contributed by atoms with E-state index in [1.54, 1.807) is 30.5 Å². The first kappa shape index (κ1) is 16.6. The van der Waals surface area contributed by atoms with Crippen molar-refractivity contribution in [2.75, 3.05) is 11.9 Å². The van der Waals surface area contributed by atoms with E-state index in [9.17, 15) is 9.59 Å². The summed E-state index contributed by atoms with van der Waals surface area (Å²) in [6.07, 6.45) is 5.82. The van der Waals surface area contributed by atoms with Crippen LogP contribution in [0.2, 0.25) is 0 Å². The third kappa shape index (κ3) is 4.20. The normalized spacial score (nSPS) is 13.5. The van der Waals surface area contributed by atoms with Crippen LogP contribution in [-0.4, -0.2) is 23.5 Å². The molecule has 5 nitrogen and oxygen atoms in total. The average molecular weight is 344 g/mol. The molecule has 24 heavy (non-hydrogen) atoms. The van der Waals surface area contributed by atoms with Crippen LogP contribution in [-0.2, 0) is 4.74 Å². The molecular weight excluding hydrogens is 324 g/mol. The zero-order valence-electron chi connectivity index (χ0n) is 13.6. The molecule has 1 saturated carbocycles. The lowest BCUT2D eigenvalue weighted by Gasteiger charge is -2.06. The molecule has 0 bridgehead atoms. The fourth-order valence-electron chi connectivity index (χ4n) is 2.19. The van der Waals surface area contributed by atoms with Crippen molar-refractivity contribution in [1.82, 2.24) is 4.98 Å². The Labute approximate surface area is 145 Å². The second-order valence-corrected chi connectivity index (χ2v) is 6.92.